The standard InChI is InChI=1S/2C15H22.2C2H6O.2C2H4O.3H2/c2*1-3-10-5-8(1)12-7-13-9-2-4-11(6-9)15(13)14(10)12;4*1-2-3;;;/h2*8-15H,1-7H2;2*3H,2H2,1H3;2*2H,1H3;3*1H. The van der Waals surface area contributed by atoms with Crippen LogP contribution in [0.4, 0.5) is 0 Å². The van der Waals surface area contributed by atoms with Crippen LogP contribution in [0.1, 0.15) is 122 Å². The molecule has 4 nitrogen and oxygen atoms in total. The molecule has 0 aromatic heterocycles. The highest BCUT2D eigenvalue weighted by Gasteiger charge is 2.64. The molecule has 0 radical (unpaired) electrons. The van der Waals surface area contributed by atoms with Gasteiger partial charge in [0.2, 0.25) is 0 Å². The quantitative estimate of drug-likeness (QED) is 0.277. The van der Waals surface area contributed by atoms with Gasteiger partial charge in [0.1, 0.15) is 12.6 Å². The molecule has 4 heteroatoms. The Bertz CT molecular complexity index is 759. The van der Waals surface area contributed by atoms with E-state index in [-0.39, 0.29) is 17.5 Å². The van der Waals surface area contributed by atoms with Crippen molar-refractivity contribution in [2.45, 2.75) is 118 Å². The van der Waals surface area contributed by atoms with Gasteiger partial charge in [0.15, 0.2) is 0 Å². The number of carbonyl (C=O) groups is 2. The van der Waals surface area contributed by atoms with Crippen LogP contribution in [0.25, 0.3) is 0 Å². The van der Waals surface area contributed by atoms with E-state index in [4.69, 9.17) is 19.8 Å². The fourth-order valence-electron chi connectivity index (χ4n) is 14.2. The van der Waals surface area contributed by atoms with E-state index in [1.807, 2.05) is 0 Å². The van der Waals surface area contributed by atoms with Gasteiger partial charge < -0.3 is 19.8 Å². The third-order valence-corrected chi connectivity index (χ3v) is 14.6. The summed E-state index contributed by atoms with van der Waals surface area (Å²) in [5, 5.41) is 15.1. The van der Waals surface area contributed by atoms with Crippen LogP contribution < -0.4 is 0 Å². The Labute approximate surface area is 262 Å². The first-order valence-electron chi connectivity index (χ1n) is 18.5. The molecule has 2 N–H and O–H groups in total. The van der Waals surface area contributed by atoms with Crippen LogP contribution in [0.2, 0.25) is 0 Å². The van der Waals surface area contributed by atoms with Gasteiger partial charge in [-0.05, 0) is 212 Å². The lowest BCUT2D eigenvalue weighted by Crippen LogP contribution is -2.27. The molecule has 8 bridgehead atoms. The van der Waals surface area contributed by atoms with Crippen LogP contribution in [0.5, 0.6) is 0 Å². The van der Waals surface area contributed by atoms with Crippen LogP contribution in [0.3, 0.4) is 0 Å². The summed E-state index contributed by atoms with van der Waals surface area (Å²) >= 11 is 0. The summed E-state index contributed by atoms with van der Waals surface area (Å²) < 4.78 is 0. The molecule has 16 unspecified atom stereocenters. The van der Waals surface area contributed by atoms with Crippen molar-refractivity contribution in [2.75, 3.05) is 13.2 Å². The van der Waals surface area contributed by atoms with Crippen LogP contribution in [-0.2, 0) is 9.59 Å². The van der Waals surface area contributed by atoms with Gasteiger partial charge in [0, 0.05) is 17.5 Å². The van der Waals surface area contributed by atoms with Crippen LogP contribution in [0.15, 0.2) is 0 Å². The third-order valence-electron chi connectivity index (χ3n) is 14.6. The second kappa shape index (κ2) is 14.6. The molecule has 10 saturated carbocycles. The van der Waals surface area contributed by atoms with Crippen molar-refractivity contribution < 1.29 is 24.1 Å². The summed E-state index contributed by atoms with van der Waals surface area (Å²) in [7, 11) is 0. The van der Waals surface area contributed by atoms with Crippen molar-refractivity contribution in [2.24, 2.45) is 94.7 Å². The van der Waals surface area contributed by atoms with Gasteiger partial charge in [-0.1, -0.05) is 0 Å². The first-order chi connectivity index (χ1) is 20.5. The van der Waals surface area contributed by atoms with E-state index < -0.39 is 0 Å². The largest absolute Gasteiger partial charge is 0.397 e. The summed E-state index contributed by atoms with van der Waals surface area (Å²) in [6.45, 7) is 6.75. The molecule has 0 aromatic carbocycles. The molecule has 10 rings (SSSR count). The first-order valence-corrected chi connectivity index (χ1v) is 18.5. The molecule has 0 aliphatic heterocycles. The first kappa shape index (κ1) is 32.6. The molecule has 10 fully saturated rings. The Morgan fingerprint density at radius 2 is 0.619 bits per heavy atom. The Morgan fingerprint density at radius 3 is 0.810 bits per heavy atom. The number of carbonyl (C=O) groups excluding carboxylic acids is 2. The number of hydrogen-bond acceptors (Lipinski definition) is 4. The van der Waals surface area contributed by atoms with Crippen LogP contribution >= 0.6 is 0 Å². The normalized spacial score (nSPS) is 50.6. The Balaban J connectivity index is 0.000000223. The van der Waals surface area contributed by atoms with Gasteiger partial charge >= 0.3 is 0 Å². The molecule has 0 heterocycles. The van der Waals surface area contributed by atoms with Gasteiger partial charge in [-0.2, -0.15) is 0 Å². The van der Waals surface area contributed by atoms with E-state index >= 15 is 0 Å². The van der Waals surface area contributed by atoms with Crippen molar-refractivity contribution >= 4 is 12.6 Å². The second-order valence-corrected chi connectivity index (χ2v) is 15.9. The van der Waals surface area contributed by atoms with Gasteiger partial charge in [0.25, 0.3) is 0 Å². The second-order valence-electron chi connectivity index (χ2n) is 15.9. The van der Waals surface area contributed by atoms with Crippen LogP contribution in [0, 0.1) is 94.7 Å². The van der Waals surface area contributed by atoms with Crippen molar-refractivity contribution in [1.82, 2.24) is 0 Å². The minimum atomic E-state index is 0. The van der Waals surface area contributed by atoms with Gasteiger partial charge in [-0.15, -0.1) is 0 Å². The Hall–Kier alpha value is -0.740. The molecule has 42 heavy (non-hydrogen) atoms. The molecule has 0 amide bonds. The van der Waals surface area contributed by atoms with Crippen LogP contribution in [-0.4, -0.2) is 36.0 Å². The highest BCUT2D eigenvalue weighted by atomic mass is 16.3. The highest BCUT2D eigenvalue weighted by Crippen LogP contribution is 2.72. The molecule has 0 aromatic rings. The molecular formula is C38H70O4. The molecule has 16 atom stereocenters. The zero-order chi connectivity index (χ0) is 30.0. The van der Waals surface area contributed by atoms with E-state index in [0.717, 1.165) is 12.6 Å². The Kier molecular flexibility index (Phi) is 11.3. The molecular weight excluding hydrogens is 520 g/mol. The SMILES string of the molecule is C1CC2CC1C1CC3C4CCC(C4)C3C21.C1CC2CC1C1CC3C4CCC(C4)C3C21.CC=O.CC=O.CCO.CCO.[HH].[HH].[HH]. The minimum Gasteiger partial charge on any atom is -0.397 e. The zero-order valence-corrected chi connectivity index (χ0v) is 27.4. The maximum Gasteiger partial charge on any atom is 0.116 e. The van der Waals surface area contributed by atoms with Crippen molar-refractivity contribution in [1.29, 1.82) is 0 Å². The van der Waals surface area contributed by atoms with E-state index in [1.54, 1.807) is 104 Å². The van der Waals surface area contributed by atoms with E-state index in [0.29, 0.717) is 0 Å². The predicted octanol–water partition coefficient (Wildman–Crippen LogP) is 8.58. The molecule has 10 aliphatic rings. The van der Waals surface area contributed by atoms with E-state index in [2.05, 4.69) is 0 Å². The van der Waals surface area contributed by atoms with Gasteiger partial charge in [-0.25, -0.2) is 0 Å². The van der Waals surface area contributed by atoms with Crippen molar-refractivity contribution in [3.63, 3.8) is 0 Å². The topological polar surface area (TPSA) is 74.6 Å². The maximum absolute atomic E-state index is 8.81. The molecule has 246 valence electrons. The zero-order valence-electron chi connectivity index (χ0n) is 27.4. The summed E-state index contributed by atoms with van der Waals surface area (Å²) in [6.07, 6.45) is 24.4. The average molecular weight is 591 g/mol. The number of aliphatic hydroxyl groups excluding tert-OH is 2. The molecule has 0 spiro atoms. The monoisotopic (exact) mass is 591 g/mol. The molecule has 0 saturated heterocycles. The fraction of sp³-hybridized carbons (Fsp3) is 0.947. The number of hydrogen-bond donors (Lipinski definition) is 2. The number of aldehydes is 2. The number of aliphatic hydroxyl groups is 2. The number of fused-ring (bicyclic) bond motifs is 22. The lowest BCUT2D eigenvalue weighted by molar-refractivity contribution is -0.106. The molecule has 10 aliphatic carbocycles. The summed E-state index contributed by atoms with van der Waals surface area (Å²) in [5.41, 5.74) is 0. The Morgan fingerprint density at radius 1 is 0.452 bits per heavy atom. The summed E-state index contributed by atoms with van der Waals surface area (Å²) in [4.78, 5) is 17.6. The summed E-state index contributed by atoms with van der Waals surface area (Å²) in [6, 6.07) is 0. The fourth-order valence-corrected chi connectivity index (χ4v) is 14.2. The highest BCUT2D eigenvalue weighted by molar-refractivity contribution is 5.44. The van der Waals surface area contributed by atoms with Gasteiger partial charge in [-0.3, -0.25) is 0 Å². The van der Waals surface area contributed by atoms with E-state index in [1.165, 1.54) is 109 Å². The van der Waals surface area contributed by atoms with Crippen molar-refractivity contribution in [3.05, 3.63) is 0 Å². The lowest BCUT2D eigenvalue weighted by atomic mass is 9.72. The van der Waals surface area contributed by atoms with E-state index in [9.17, 15) is 0 Å². The third kappa shape index (κ3) is 5.83. The maximum atomic E-state index is 8.81. The smallest absolute Gasteiger partial charge is 0.116 e. The van der Waals surface area contributed by atoms with Gasteiger partial charge in [0.05, 0.1) is 0 Å². The lowest BCUT2D eigenvalue weighted by Gasteiger charge is -2.33. The minimum absolute atomic E-state index is 0. The predicted molar refractivity (Wildman–Crippen MR) is 176 cm³/mol. The summed E-state index contributed by atoms with van der Waals surface area (Å²) in [5.74, 6) is 19.5. The van der Waals surface area contributed by atoms with Crippen molar-refractivity contribution in [3.8, 4) is 0 Å². The average Bonchev–Trinajstić information content (AvgIpc) is 3.82. The number of rotatable bonds is 0.